The fourth-order valence-corrected chi connectivity index (χ4v) is 2.40. The van der Waals surface area contributed by atoms with E-state index in [0.29, 0.717) is 0 Å². The van der Waals surface area contributed by atoms with Gasteiger partial charge in [0, 0.05) is 30.8 Å². The lowest BCUT2D eigenvalue weighted by Gasteiger charge is -2.08. The second-order valence-electron chi connectivity index (χ2n) is 5.60. The average Bonchev–Trinajstić information content (AvgIpc) is 3.18. The first kappa shape index (κ1) is 12.5. The Bertz CT molecular complexity index is 590. The summed E-state index contributed by atoms with van der Waals surface area (Å²) in [6.07, 6.45) is 5.90. The fraction of sp³-hybridized carbons (Fsp3) is 0.412. The maximum atomic E-state index is 4.10. The van der Waals surface area contributed by atoms with Crippen molar-refractivity contribution >= 4 is 10.9 Å². The van der Waals surface area contributed by atoms with E-state index in [1.807, 2.05) is 0 Å². The minimum absolute atomic E-state index is 0.771. The third kappa shape index (κ3) is 2.90. The Balaban J connectivity index is 1.77. The molecule has 1 heterocycles. The Labute approximate surface area is 115 Å². The normalized spacial score (nSPS) is 15.0. The minimum Gasteiger partial charge on any atom is -0.343 e. The molecule has 0 saturated heterocycles. The summed E-state index contributed by atoms with van der Waals surface area (Å²) in [5.74, 6) is 0. The summed E-state index contributed by atoms with van der Waals surface area (Å²) in [6.45, 7) is 8.18. The van der Waals surface area contributed by atoms with Gasteiger partial charge in [-0.2, -0.15) is 0 Å². The van der Waals surface area contributed by atoms with Crippen molar-refractivity contribution in [3.63, 3.8) is 0 Å². The minimum atomic E-state index is 0.771. The molecule has 100 valence electrons. The van der Waals surface area contributed by atoms with E-state index in [-0.39, 0.29) is 0 Å². The zero-order chi connectivity index (χ0) is 13.2. The molecule has 1 fully saturated rings. The lowest BCUT2D eigenvalue weighted by molar-refractivity contribution is 0.688. The molecule has 0 radical (unpaired) electrons. The molecule has 0 unspecified atom stereocenters. The first-order valence-electron chi connectivity index (χ1n) is 7.24. The van der Waals surface area contributed by atoms with Crippen LogP contribution in [-0.2, 0) is 13.1 Å². The van der Waals surface area contributed by atoms with Crippen LogP contribution in [0.15, 0.2) is 42.6 Å². The SMILES string of the molecule is C=C(CC)Cn1ccc2cc(CNC3CC3)ccc21. The zero-order valence-corrected chi connectivity index (χ0v) is 11.7. The van der Waals surface area contributed by atoms with Crippen LogP contribution >= 0.6 is 0 Å². The molecule has 2 aromatic rings. The van der Waals surface area contributed by atoms with Crippen LogP contribution in [0.4, 0.5) is 0 Å². The van der Waals surface area contributed by atoms with Gasteiger partial charge in [-0.1, -0.05) is 25.1 Å². The Hall–Kier alpha value is -1.54. The summed E-state index contributed by atoms with van der Waals surface area (Å²) >= 11 is 0. The van der Waals surface area contributed by atoms with Crippen molar-refractivity contribution in [2.45, 2.75) is 45.3 Å². The average molecular weight is 254 g/mol. The van der Waals surface area contributed by atoms with E-state index in [4.69, 9.17) is 0 Å². The number of hydrogen-bond donors (Lipinski definition) is 1. The zero-order valence-electron chi connectivity index (χ0n) is 11.7. The molecular formula is C17H22N2. The van der Waals surface area contributed by atoms with Gasteiger partial charge in [-0.15, -0.1) is 0 Å². The van der Waals surface area contributed by atoms with Crippen molar-refractivity contribution < 1.29 is 0 Å². The molecule has 3 rings (SSSR count). The summed E-state index contributed by atoms with van der Waals surface area (Å²) in [5.41, 5.74) is 3.97. The second-order valence-corrected chi connectivity index (χ2v) is 5.60. The summed E-state index contributed by atoms with van der Waals surface area (Å²) in [4.78, 5) is 0. The van der Waals surface area contributed by atoms with Gasteiger partial charge < -0.3 is 9.88 Å². The second kappa shape index (κ2) is 5.22. The quantitative estimate of drug-likeness (QED) is 0.775. The number of rotatable bonds is 6. The van der Waals surface area contributed by atoms with Crippen molar-refractivity contribution in [1.82, 2.24) is 9.88 Å². The molecule has 0 bridgehead atoms. The standard InChI is InChI=1S/C17H22N2/c1-3-13(2)12-19-9-8-15-10-14(4-7-17(15)19)11-18-16-5-6-16/h4,7-10,16,18H,2-3,5-6,11-12H2,1H3. The van der Waals surface area contributed by atoms with Gasteiger partial charge in [0.2, 0.25) is 0 Å². The third-order valence-corrected chi connectivity index (χ3v) is 3.90. The van der Waals surface area contributed by atoms with Crippen molar-refractivity contribution in [1.29, 1.82) is 0 Å². The summed E-state index contributed by atoms with van der Waals surface area (Å²) in [6, 6.07) is 9.76. The highest BCUT2D eigenvalue weighted by molar-refractivity contribution is 5.81. The number of nitrogens with one attached hydrogen (secondary N) is 1. The first-order valence-corrected chi connectivity index (χ1v) is 7.24. The highest BCUT2D eigenvalue weighted by Crippen LogP contribution is 2.22. The first-order chi connectivity index (χ1) is 9.26. The van der Waals surface area contributed by atoms with Gasteiger partial charge in [-0.25, -0.2) is 0 Å². The monoisotopic (exact) mass is 254 g/mol. The van der Waals surface area contributed by atoms with E-state index in [1.54, 1.807) is 0 Å². The van der Waals surface area contributed by atoms with Gasteiger partial charge >= 0.3 is 0 Å². The van der Waals surface area contributed by atoms with Gasteiger partial charge in [0.1, 0.15) is 0 Å². The molecule has 1 aliphatic rings. The number of nitrogens with zero attached hydrogens (tertiary/aromatic N) is 1. The topological polar surface area (TPSA) is 17.0 Å². The maximum absolute atomic E-state index is 4.10. The molecule has 2 nitrogen and oxygen atoms in total. The van der Waals surface area contributed by atoms with Crippen LogP contribution in [0.25, 0.3) is 10.9 Å². The lowest BCUT2D eigenvalue weighted by atomic mass is 10.1. The fourth-order valence-electron chi connectivity index (χ4n) is 2.40. The third-order valence-electron chi connectivity index (χ3n) is 3.90. The summed E-state index contributed by atoms with van der Waals surface area (Å²) < 4.78 is 2.29. The number of hydrogen-bond acceptors (Lipinski definition) is 1. The number of benzene rings is 1. The molecule has 1 saturated carbocycles. The van der Waals surface area contributed by atoms with Crippen LogP contribution in [0.1, 0.15) is 31.7 Å². The van der Waals surface area contributed by atoms with E-state index in [2.05, 4.69) is 53.8 Å². The van der Waals surface area contributed by atoms with Gasteiger partial charge in [0.15, 0.2) is 0 Å². The smallest absolute Gasteiger partial charge is 0.0483 e. The van der Waals surface area contributed by atoms with Gasteiger partial charge in [-0.3, -0.25) is 0 Å². The van der Waals surface area contributed by atoms with E-state index in [1.165, 1.54) is 34.9 Å². The van der Waals surface area contributed by atoms with Crippen LogP contribution in [0.2, 0.25) is 0 Å². The summed E-state index contributed by atoms with van der Waals surface area (Å²) in [5, 5.41) is 4.90. The Morgan fingerprint density at radius 1 is 1.37 bits per heavy atom. The molecule has 0 atom stereocenters. The van der Waals surface area contributed by atoms with Crippen LogP contribution in [-0.4, -0.2) is 10.6 Å². The highest BCUT2D eigenvalue weighted by Gasteiger charge is 2.19. The molecule has 19 heavy (non-hydrogen) atoms. The molecule has 1 aromatic carbocycles. The Morgan fingerprint density at radius 2 is 2.21 bits per heavy atom. The predicted molar refractivity (Wildman–Crippen MR) is 81.2 cm³/mol. The lowest BCUT2D eigenvalue weighted by Crippen LogP contribution is -2.15. The van der Waals surface area contributed by atoms with Crippen LogP contribution in [0.3, 0.4) is 0 Å². The molecule has 1 aromatic heterocycles. The highest BCUT2D eigenvalue weighted by atomic mass is 15.0. The van der Waals surface area contributed by atoms with Crippen molar-refractivity contribution in [3.8, 4) is 0 Å². The van der Waals surface area contributed by atoms with Gasteiger partial charge in [-0.05, 0) is 48.4 Å². The Morgan fingerprint density at radius 3 is 2.95 bits per heavy atom. The van der Waals surface area contributed by atoms with E-state index >= 15 is 0 Å². The van der Waals surface area contributed by atoms with E-state index in [9.17, 15) is 0 Å². The largest absolute Gasteiger partial charge is 0.343 e. The van der Waals surface area contributed by atoms with Crippen molar-refractivity contribution in [2.24, 2.45) is 0 Å². The Kier molecular flexibility index (Phi) is 3.43. The van der Waals surface area contributed by atoms with E-state index < -0.39 is 0 Å². The number of aromatic nitrogens is 1. The predicted octanol–water partition coefficient (Wildman–Crippen LogP) is 3.86. The molecule has 0 aliphatic heterocycles. The molecule has 2 heteroatoms. The molecule has 1 N–H and O–H groups in total. The van der Waals surface area contributed by atoms with Gasteiger partial charge in [0.05, 0.1) is 0 Å². The van der Waals surface area contributed by atoms with Crippen LogP contribution in [0, 0.1) is 0 Å². The number of fused-ring (bicyclic) bond motifs is 1. The molecule has 0 spiro atoms. The number of allylic oxidation sites excluding steroid dienone is 1. The van der Waals surface area contributed by atoms with Crippen LogP contribution < -0.4 is 5.32 Å². The molecule has 1 aliphatic carbocycles. The van der Waals surface area contributed by atoms with Crippen LogP contribution in [0.5, 0.6) is 0 Å². The van der Waals surface area contributed by atoms with Crippen molar-refractivity contribution in [3.05, 3.63) is 48.2 Å². The maximum Gasteiger partial charge on any atom is 0.0483 e. The summed E-state index contributed by atoms with van der Waals surface area (Å²) in [7, 11) is 0. The van der Waals surface area contributed by atoms with Gasteiger partial charge in [0.25, 0.3) is 0 Å². The van der Waals surface area contributed by atoms with Crippen molar-refractivity contribution in [2.75, 3.05) is 0 Å². The van der Waals surface area contributed by atoms with E-state index in [0.717, 1.165) is 25.6 Å². The molecule has 0 amide bonds. The molecular weight excluding hydrogens is 232 g/mol.